The summed E-state index contributed by atoms with van der Waals surface area (Å²) in [6.45, 7) is 0. The molecule has 0 unspecified atom stereocenters. The monoisotopic (exact) mass is 327 g/mol. The molecule has 0 atom stereocenters. The molecule has 1 aliphatic rings. The number of fused-ring (bicyclic) bond motifs is 2. The third-order valence-electron chi connectivity index (χ3n) is 4.25. The van der Waals surface area contributed by atoms with E-state index in [0.29, 0.717) is 39.3 Å². The van der Waals surface area contributed by atoms with Crippen LogP contribution >= 0.6 is 0 Å². The third kappa shape index (κ3) is 2.33. The van der Waals surface area contributed by atoms with Gasteiger partial charge in [-0.3, -0.25) is 9.59 Å². The molecule has 0 radical (unpaired) electrons. The second-order valence-electron chi connectivity index (χ2n) is 5.69. The molecule has 0 aliphatic heterocycles. The van der Waals surface area contributed by atoms with Gasteiger partial charge in [-0.1, -0.05) is 48.5 Å². The van der Waals surface area contributed by atoms with Gasteiger partial charge < -0.3 is 5.32 Å². The first-order chi connectivity index (χ1) is 12.2. The number of benzene rings is 3. The van der Waals surface area contributed by atoms with E-state index in [1.165, 1.54) is 0 Å². The highest BCUT2D eigenvalue weighted by Gasteiger charge is 2.31. The zero-order valence-corrected chi connectivity index (χ0v) is 13.1. The quantitative estimate of drug-likeness (QED) is 0.527. The maximum Gasteiger partial charge on any atom is 0.196 e. The van der Waals surface area contributed by atoms with E-state index in [2.05, 4.69) is 10.4 Å². The van der Waals surface area contributed by atoms with Gasteiger partial charge in [0.2, 0.25) is 0 Å². The molecule has 4 rings (SSSR count). The number of anilines is 2. The largest absolute Gasteiger partial charge is 0.353 e. The van der Waals surface area contributed by atoms with E-state index in [0.717, 1.165) is 0 Å². The van der Waals surface area contributed by atoms with Crippen molar-refractivity contribution in [2.24, 2.45) is 5.11 Å². The maximum absolute atomic E-state index is 13.0. The van der Waals surface area contributed by atoms with Crippen LogP contribution in [0.5, 0.6) is 0 Å². The number of nitrogens with zero attached hydrogens (tertiary/aromatic N) is 1. The number of rotatable bonds is 3. The Balaban J connectivity index is 1.87. The molecule has 5 heteroatoms. The van der Waals surface area contributed by atoms with Crippen LogP contribution in [0.25, 0.3) is 0 Å². The number of para-hydroxylation sites is 2. The number of carbonyl (C=O) groups is 2. The SMILES string of the molecule is N=Nc1ccccc1Nc1cccc2c1C(=O)c1ccccc1C2=O. The van der Waals surface area contributed by atoms with Crippen molar-refractivity contribution in [1.82, 2.24) is 0 Å². The van der Waals surface area contributed by atoms with Crippen molar-refractivity contribution in [2.75, 3.05) is 5.32 Å². The van der Waals surface area contributed by atoms with Gasteiger partial charge in [0.05, 0.1) is 16.9 Å². The van der Waals surface area contributed by atoms with E-state index in [9.17, 15) is 9.59 Å². The smallest absolute Gasteiger partial charge is 0.196 e. The van der Waals surface area contributed by atoms with Gasteiger partial charge in [0.15, 0.2) is 11.6 Å². The predicted octanol–water partition coefficient (Wildman–Crippen LogP) is 4.87. The van der Waals surface area contributed by atoms with Crippen LogP contribution in [0.2, 0.25) is 0 Å². The molecule has 120 valence electrons. The highest BCUT2D eigenvalue weighted by atomic mass is 16.1. The van der Waals surface area contributed by atoms with Gasteiger partial charge in [0, 0.05) is 16.7 Å². The van der Waals surface area contributed by atoms with Crippen LogP contribution in [0.3, 0.4) is 0 Å². The summed E-state index contributed by atoms with van der Waals surface area (Å²) < 4.78 is 0. The number of hydrogen-bond donors (Lipinski definition) is 2. The van der Waals surface area contributed by atoms with E-state index in [-0.39, 0.29) is 11.6 Å². The van der Waals surface area contributed by atoms with Crippen LogP contribution in [0.4, 0.5) is 17.1 Å². The third-order valence-corrected chi connectivity index (χ3v) is 4.25. The second kappa shape index (κ2) is 5.79. The van der Waals surface area contributed by atoms with Crippen molar-refractivity contribution in [3.8, 4) is 0 Å². The first kappa shape index (κ1) is 15.0. The Kier molecular flexibility index (Phi) is 3.47. The maximum atomic E-state index is 13.0. The van der Waals surface area contributed by atoms with E-state index in [4.69, 9.17) is 5.53 Å². The lowest BCUT2D eigenvalue weighted by Crippen LogP contribution is -2.22. The lowest BCUT2D eigenvalue weighted by Gasteiger charge is -2.21. The summed E-state index contributed by atoms with van der Waals surface area (Å²) in [5.41, 5.74) is 10.4. The van der Waals surface area contributed by atoms with Crippen molar-refractivity contribution in [1.29, 1.82) is 5.53 Å². The summed E-state index contributed by atoms with van der Waals surface area (Å²) in [6, 6.07) is 19.1. The number of ketones is 2. The summed E-state index contributed by atoms with van der Waals surface area (Å²) in [6.07, 6.45) is 0. The Hall–Kier alpha value is -3.60. The Morgan fingerprint density at radius 1 is 0.680 bits per heavy atom. The van der Waals surface area contributed by atoms with Crippen molar-refractivity contribution in [2.45, 2.75) is 0 Å². The normalized spacial score (nSPS) is 12.3. The first-order valence-corrected chi connectivity index (χ1v) is 7.75. The minimum atomic E-state index is -0.186. The summed E-state index contributed by atoms with van der Waals surface area (Å²) in [4.78, 5) is 25.7. The topological polar surface area (TPSA) is 82.4 Å². The number of hydrogen-bond acceptors (Lipinski definition) is 5. The van der Waals surface area contributed by atoms with Gasteiger partial charge in [0.25, 0.3) is 0 Å². The Labute approximate surface area is 143 Å². The highest BCUT2D eigenvalue weighted by Crippen LogP contribution is 2.35. The molecule has 5 nitrogen and oxygen atoms in total. The summed E-state index contributed by atoms with van der Waals surface area (Å²) >= 11 is 0. The van der Waals surface area contributed by atoms with Gasteiger partial charge >= 0.3 is 0 Å². The average Bonchev–Trinajstić information content (AvgIpc) is 2.66. The fraction of sp³-hybridized carbons (Fsp3) is 0. The summed E-state index contributed by atoms with van der Waals surface area (Å²) in [7, 11) is 0. The molecular weight excluding hydrogens is 314 g/mol. The molecule has 0 spiro atoms. The van der Waals surface area contributed by atoms with E-state index < -0.39 is 0 Å². The Bertz CT molecular complexity index is 1040. The second-order valence-corrected chi connectivity index (χ2v) is 5.69. The number of carbonyl (C=O) groups excluding carboxylic acids is 2. The molecular formula is C20H13N3O2. The van der Waals surface area contributed by atoms with Gasteiger partial charge in [0.1, 0.15) is 5.69 Å². The van der Waals surface area contributed by atoms with Gasteiger partial charge in [-0.15, -0.1) is 0 Å². The Morgan fingerprint density at radius 2 is 1.28 bits per heavy atom. The minimum Gasteiger partial charge on any atom is -0.353 e. The van der Waals surface area contributed by atoms with Crippen LogP contribution < -0.4 is 5.32 Å². The van der Waals surface area contributed by atoms with Gasteiger partial charge in [-0.2, -0.15) is 5.11 Å². The van der Waals surface area contributed by atoms with Crippen molar-refractivity contribution >= 4 is 28.6 Å². The van der Waals surface area contributed by atoms with Crippen LogP contribution in [0.1, 0.15) is 31.8 Å². The van der Waals surface area contributed by atoms with Crippen molar-refractivity contribution in [3.63, 3.8) is 0 Å². The van der Waals surface area contributed by atoms with Gasteiger partial charge in [-0.25, -0.2) is 5.53 Å². The zero-order chi connectivity index (χ0) is 17.4. The molecule has 3 aromatic carbocycles. The van der Waals surface area contributed by atoms with E-state index >= 15 is 0 Å². The minimum absolute atomic E-state index is 0.160. The lowest BCUT2D eigenvalue weighted by molar-refractivity contribution is 0.0979. The van der Waals surface area contributed by atoms with Crippen LogP contribution in [0, 0.1) is 5.53 Å². The molecule has 25 heavy (non-hydrogen) atoms. The van der Waals surface area contributed by atoms with Crippen molar-refractivity contribution < 1.29 is 9.59 Å². The molecule has 0 fully saturated rings. The lowest BCUT2D eigenvalue weighted by atomic mass is 9.83. The molecule has 0 saturated heterocycles. The zero-order valence-electron chi connectivity index (χ0n) is 13.1. The molecule has 0 heterocycles. The highest BCUT2D eigenvalue weighted by molar-refractivity contribution is 6.30. The van der Waals surface area contributed by atoms with Crippen LogP contribution in [-0.2, 0) is 0 Å². The molecule has 1 aliphatic carbocycles. The fourth-order valence-electron chi connectivity index (χ4n) is 3.07. The van der Waals surface area contributed by atoms with Crippen molar-refractivity contribution in [3.05, 3.63) is 89.0 Å². The molecule has 0 amide bonds. The number of nitrogens with one attached hydrogen (secondary N) is 2. The average molecular weight is 327 g/mol. The molecule has 3 aromatic rings. The summed E-state index contributed by atoms with van der Waals surface area (Å²) in [5.74, 6) is -0.346. The van der Waals surface area contributed by atoms with Gasteiger partial charge in [-0.05, 0) is 18.2 Å². The molecule has 0 aromatic heterocycles. The molecule has 2 N–H and O–H groups in total. The summed E-state index contributed by atoms with van der Waals surface area (Å²) in [5, 5.41) is 6.63. The van der Waals surface area contributed by atoms with E-state index in [1.54, 1.807) is 60.7 Å². The van der Waals surface area contributed by atoms with Crippen LogP contribution in [0.15, 0.2) is 71.8 Å². The standard InChI is InChI=1S/C20H13N3O2/c21-23-16-10-4-3-9-15(16)22-17-11-5-8-14-18(17)20(25)13-7-2-1-6-12(13)19(14)24/h1-11,21-22H. The molecule has 0 saturated carbocycles. The molecule has 0 bridgehead atoms. The van der Waals surface area contributed by atoms with Crippen LogP contribution in [-0.4, -0.2) is 11.6 Å². The predicted molar refractivity (Wildman–Crippen MR) is 94.3 cm³/mol. The van der Waals surface area contributed by atoms with E-state index in [1.807, 2.05) is 6.07 Å². The Morgan fingerprint density at radius 3 is 2.04 bits per heavy atom. The first-order valence-electron chi connectivity index (χ1n) is 7.75. The fourth-order valence-corrected chi connectivity index (χ4v) is 3.07.